The zero-order valence-electron chi connectivity index (χ0n) is 13.8. The monoisotopic (exact) mass is 286 g/mol. The van der Waals surface area contributed by atoms with Crippen LogP contribution < -0.4 is 5.32 Å². The van der Waals surface area contributed by atoms with Gasteiger partial charge in [0.25, 0.3) is 0 Å². The van der Waals surface area contributed by atoms with Crippen molar-refractivity contribution in [3.05, 3.63) is 35.9 Å². The summed E-state index contributed by atoms with van der Waals surface area (Å²) in [7, 11) is 0. The van der Waals surface area contributed by atoms with E-state index in [-0.39, 0.29) is 0 Å². The molecule has 21 heavy (non-hydrogen) atoms. The summed E-state index contributed by atoms with van der Waals surface area (Å²) in [4.78, 5) is 2.83. The van der Waals surface area contributed by atoms with Gasteiger partial charge < -0.3 is 5.32 Å². The topological polar surface area (TPSA) is 15.3 Å². The van der Waals surface area contributed by atoms with Gasteiger partial charge in [0, 0.05) is 31.2 Å². The molecule has 1 saturated heterocycles. The molecule has 0 bridgehead atoms. The Morgan fingerprint density at radius 3 is 2.62 bits per heavy atom. The summed E-state index contributed by atoms with van der Waals surface area (Å²) in [5, 5.41) is 3.78. The molecule has 116 valence electrons. The summed E-state index contributed by atoms with van der Waals surface area (Å²) in [5.74, 6) is 0. The molecule has 3 rings (SSSR count). The summed E-state index contributed by atoms with van der Waals surface area (Å²) < 4.78 is 0. The number of nitrogens with zero attached hydrogens (tertiary/aromatic N) is 1. The Kier molecular flexibility index (Phi) is 4.37. The van der Waals surface area contributed by atoms with Crippen LogP contribution in [0.15, 0.2) is 30.3 Å². The van der Waals surface area contributed by atoms with Crippen LogP contribution in [0.25, 0.3) is 0 Å². The van der Waals surface area contributed by atoms with E-state index in [1.165, 1.54) is 31.2 Å². The van der Waals surface area contributed by atoms with Gasteiger partial charge in [-0.2, -0.15) is 0 Å². The average Bonchev–Trinajstić information content (AvgIpc) is 2.87. The molecule has 1 aromatic rings. The van der Waals surface area contributed by atoms with Crippen LogP contribution in [-0.2, 0) is 0 Å². The largest absolute Gasteiger partial charge is 0.307 e. The second-order valence-electron chi connectivity index (χ2n) is 7.53. The van der Waals surface area contributed by atoms with Gasteiger partial charge in [0.1, 0.15) is 0 Å². The standard InChI is InChI=1S/C19H30N2/c1-4-16-13-20-17(15-9-6-5-7-10-15)14-21(16)18-11-8-12-19(18,2)3/h5-7,9-10,16-18,20H,4,8,11-14H2,1-3H3. The van der Waals surface area contributed by atoms with E-state index in [0.717, 1.165) is 19.1 Å². The Bertz CT molecular complexity index is 454. The summed E-state index contributed by atoms with van der Waals surface area (Å²) in [6, 6.07) is 12.9. The van der Waals surface area contributed by atoms with Gasteiger partial charge in [-0.25, -0.2) is 0 Å². The summed E-state index contributed by atoms with van der Waals surface area (Å²) in [6.45, 7) is 9.57. The molecule has 0 amide bonds. The maximum absolute atomic E-state index is 3.78. The first-order chi connectivity index (χ1) is 10.1. The van der Waals surface area contributed by atoms with E-state index in [9.17, 15) is 0 Å². The highest BCUT2D eigenvalue weighted by atomic mass is 15.3. The van der Waals surface area contributed by atoms with Crippen molar-refractivity contribution in [1.29, 1.82) is 0 Å². The minimum atomic E-state index is 0.478. The molecule has 1 aliphatic carbocycles. The minimum Gasteiger partial charge on any atom is -0.307 e. The molecule has 2 nitrogen and oxygen atoms in total. The molecular formula is C19H30N2. The van der Waals surface area contributed by atoms with Crippen LogP contribution in [-0.4, -0.2) is 30.1 Å². The molecule has 1 aliphatic heterocycles. The van der Waals surface area contributed by atoms with Gasteiger partial charge >= 0.3 is 0 Å². The molecule has 0 spiro atoms. The fraction of sp³-hybridized carbons (Fsp3) is 0.684. The Labute approximate surface area is 129 Å². The van der Waals surface area contributed by atoms with Crippen LogP contribution in [0.1, 0.15) is 58.1 Å². The van der Waals surface area contributed by atoms with Crippen LogP contribution in [0.2, 0.25) is 0 Å². The third-order valence-electron chi connectivity index (χ3n) is 5.74. The third-order valence-corrected chi connectivity index (χ3v) is 5.74. The number of rotatable bonds is 3. The SMILES string of the molecule is CCC1CNC(c2ccccc2)CN1C1CCCC1(C)C. The minimum absolute atomic E-state index is 0.478. The molecule has 1 aromatic carbocycles. The van der Waals surface area contributed by atoms with E-state index >= 15 is 0 Å². The molecule has 1 saturated carbocycles. The predicted octanol–water partition coefficient (Wildman–Crippen LogP) is 3.99. The molecule has 0 radical (unpaired) electrons. The molecule has 3 unspecified atom stereocenters. The van der Waals surface area contributed by atoms with Gasteiger partial charge in [-0.05, 0) is 30.2 Å². The number of hydrogen-bond acceptors (Lipinski definition) is 2. The first kappa shape index (κ1) is 15.1. The number of piperazine rings is 1. The molecule has 1 heterocycles. The molecule has 2 aliphatic rings. The Morgan fingerprint density at radius 1 is 1.24 bits per heavy atom. The zero-order valence-corrected chi connectivity index (χ0v) is 13.8. The second kappa shape index (κ2) is 6.10. The average molecular weight is 286 g/mol. The Morgan fingerprint density at radius 2 is 2.00 bits per heavy atom. The molecule has 1 N–H and O–H groups in total. The van der Waals surface area contributed by atoms with Crippen molar-refractivity contribution >= 4 is 0 Å². The zero-order chi connectivity index (χ0) is 14.9. The van der Waals surface area contributed by atoms with Gasteiger partial charge in [0.05, 0.1) is 0 Å². The van der Waals surface area contributed by atoms with E-state index in [1.807, 2.05) is 0 Å². The van der Waals surface area contributed by atoms with E-state index in [2.05, 4.69) is 61.3 Å². The lowest BCUT2D eigenvalue weighted by Gasteiger charge is -2.47. The lowest BCUT2D eigenvalue weighted by atomic mass is 9.84. The van der Waals surface area contributed by atoms with Gasteiger partial charge in [0.15, 0.2) is 0 Å². The van der Waals surface area contributed by atoms with E-state index < -0.39 is 0 Å². The summed E-state index contributed by atoms with van der Waals surface area (Å²) in [6.07, 6.45) is 5.41. The fourth-order valence-electron chi connectivity index (χ4n) is 4.41. The van der Waals surface area contributed by atoms with Crippen molar-refractivity contribution in [2.24, 2.45) is 5.41 Å². The third kappa shape index (κ3) is 3.02. The maximum Gasteiger partial charge on any atom is 0.0450 e. The Hall–Kier alpha value is -0.860. The lowest BCUT2D eigenvalue weighted by molar-refractivity contribution is 0.0332. The van der Waals surface area contributed by atoms with E-state index in [0.29, 0.717) is 17.5 Å². The second-order valence-corrected chi connectivity index (χ2v) is 7.53. The smallest absolute Gasteiger partial charge is 0.0450 e. The van der Waals surface area contributed by atoms with Crippen LogP contribution >= 0.6 is 0 Å². The van der Waals surface area contributed by atoms with Crippen molar-refractivity contribution in [3.63, 3.8) is 0 Å². The van der Waals surface area contributed by atoms with Gasteiger partial charge in [-0.3, -0.25) is 4.90 Å². The molecule has 2 fully saturated rings. The normalized spacial score (nSPS) is 33.2. The molecule has 2 heteroatoms. The van der Waals surface area contributed by atoms with E-state index in [1.54, 1.807) is 0 Å². The van der Waals surface area contributed by atoms with Crippen molar-refractivity contribution in [1.82, 2.24) is 10.2 Å². The van der Waals surface area contributed by atoms with Gasteiger partial charge in [0.2, 0.25) is 0 Å². The Balaban J connectivity index is 1.79. The highest BCUT2D eigenvalue weighted by Crippen LogP contribution is 2.42. The maximum atomic E-state index is 3.78. The first-order valence-electron chi connectivity index (χ1n) is 8.66. The highest BCUT2D eigenvalue weighted by molar-refractivity contribution is 5.20. The van der Waals surface area contributed by atoms with Crippen LogP contribution in [0.4, 0.5) is 0 Å². The predicted molar refractivity (Wildman–Crippen MR) is 89.4 cm³/mol. The van der Waals surface area contributed by atoms with Crippen molar-refractivity contribution < 1.29 is 0 Å². The molecule has 0 aromatic heterocycles. The summed E-state index contributed by atoms with van der Waals surface area (Å²) in [5.41, 5.74) is 1.92. The fourth-order valence-corrected chi connectivity index (χ4v) is 4.41. The van der Waals surface area contributed by atoms with Crippen molar-refractivity contribution in [2.75, 3.05) is 13.1 Å². The van der Waals surface area contributed by atoms with Crippen LogP contribution in [0, 0.1) is 5.41 Å². The van der Waals surface area contributed by atoms with Crippen LogP contribution in [0.3, 0.4) is 0 Å². The highest BCUT2D eigenvalue weighted by Gasteiger charge is 2.42. The quantitative estimate of drug-likeness (QED) is 0.904. The van der Waals surface area contributed by atoms with Crippen molar-refractivity contribution in [2.45, 2.75) is 64.6 Å². The lowest BCUT2D eigenvalue weighted by Crippen LogP contribution is -2.58. The first-order valence-corrected chi connectivity index (χ1v) is 8.66. The number of benzene rings is 1. The van der Waals surface area contributed by atoms with Gasteiger partial charge in [-0.1, -0.05) is 57.5 Å². The van der Waals surface area contributed by atoms with E-state index in [4.69, 9.17) is 0 Å². The van der Waals surface area contributed by atoms with Crippen LogP contribution in [0.5, 0.6) is 0 Å². The number of nitrogens with one attached hydrogen (secondary N) is 1. The summed E-state index contributed by atoms with van der Waals surface area (Å²) >= 11 is 0. The van der Waals surface area contributed by atoms with Gasteiger partial charge in [-0.15, -0.1) is 0 Å². The molecule has 3 atom stereocenters. The van der Waals surface area contributed by atoms with Crippen molar-refractivity contribution in [3.8, 4) is 0 Å². The molecular weight excluding hydrogens is 256 g/mol. The number of hydrogen-bond donors (Lipinski definition) is 1.